The van der Waals surface area contributed by atoms with Crippen LogP contribution in [0, 0.1) is 0 Å². The number of aliphatic hydroxyl groups is 7. The van der Waals surface area contributed by atoms with E-state index in [1.165, 1.54) is 109 Å². The van der Waals surface area contributed by atoms with Crippen molar-refractivity contribution in [1.82, 2.24) is 0 Å². The number of hydrogen-bond donors (Lipinski definition) is 7. The van der Waals surface area contributed by atoms with E-state index in [2.05, 4.69) is 86.8 Å². The zero-order chi connectivity index (χ0) is 56.7. The minimum atomic E-state index is -1.78. The van der Waals surface area contributed by atoms with E-state index in [9.17, 15) is 45.3 Å². The Labute approximate surface area is 469 Å². The lowest BCUT2D eigenvalue weighted by Crippen LogP contribution is -2.61. The molecule has 0 radical (unpaired) electrons. The van der Waals surface area contributed by atoms with Gasteiger partial charge in [0.25, 0.3) is 0 Å². The first-order valence-electron chi connectivity index (χ1n) is 30.2. The lowest BCUT2D eigenvalue weighted by atomic mass is 9.98. The zero-order valence-corrected chi connectivity index (χ0v) is 47.9. The Morgan fingerprint density at radius 2 is 0.833 bits per heavy atom. The van der Waals surface area contributed by atoms with Crippen LogP contribution in [0.2, 0.25) is 0 Å². The van der Waals surface area contributed by atoms with Crippen molar-refractivity contribution < 1.29 is 73.8 Å². The van der Waals surface area contributed by atoms with Gasteiger partial charge in [0.15, 0.2) is 18.7 Å². The fourth-order valence-electron chi connectivity index (χ4n) is 9.00. The molecule has 448 valence electrons. The maximum Gasteiger partial charge on any atom is 0.306 e. The van der Waals surface area contributed by atoms with E-state index in [-0.39, 0.29) is 19.4 Å². The van der Waals surface area contributed by atoms with Crippen molar-refractivity contribution in [3.8, 4) is 0 Å². The van der Waals surface area contributed by atoms with E-state index in [4.69, 9.17) is 28.4 Å². The number of hydrogen-bond acceptors (Lipinski definition) is 15. The van der Waals surface area contributed by atoms with Gasteiger partial charge in [-0.25, -0.2) is 0 Å². The van der Waals surface area contributed by atoms with Crippen LogP contribution in [0.25, 0.3) is 0 Å². The van der Waals surface area contributed by atoms with Crippen molar-refractivity contribution >= 4 is 11.9 Å². The highest BCUT2D eigenvalue weighted by atomic mass is 16.7. The van der Waals surface area contributed by atoms with E-state index in [1.54, 1.807) is 0 Å². The molecule has 0 aromatic rings. The van der Waals surface area contributed by atoms with Gasteiger partial charge in [-0.1, -0.05) is 202 Å². The third-order valence-electron chi connectivity index (χ3n) is 13.9. The van der Waals surface area contributed by atoms with Gasteiger partial charge in [-0.2, -0.15) is 0 Å². The van der Waals surface area contributed by atoms with Gasteiger partial charge < -0.3 is 64.2 Å². The number of aliphatic hydroxyl groups excluding tert-OH is 7. The molecule has 0 saturated carbocycles. The van der Waals surface area contributed by atoms with Crippen LogP contribution in [0.3, 0.4) is 0 Å². The summed E-state index contributed by atoms with van der Waals surface area (Å²) in [4.78, 5) is 25.9. The maximum atomic E-state index is 13.0. The number of carbonyl (C=O) groups excluding carboxylic acids is 2. The second-order valence-corrected chi connectivity index (χ2v) is 20.8. The summed E-state index contributed by atoms with van der Waals surface area (Å²) in [5.74, 6) is -1.02. The number of unbranched alkanes of at least 4 members (excludes halogenated alkanes) is 19. The van der Waals surface area contributed by atoms with E-state index in [0.717, 1.165) is 51.4 Å². The first-order valence-corrected chi connectivity index (χ1v) is 30.2. The monoisotopic (exact) mass is 1100 g/mol. The summed E-state index contributed by atoms with van der Waals surface area (Å²) in [6, 6.07) is 0. The average Bonchev–Trinajstić information content (AvgIpc) is 3.43. The van der Waals surface area contributed by atoms with Gasteiger partial charge in [-0.05, 0) is 77.0 Å². The average molecular weight is 1100 g/mol. The van der Waals surface area contributed by atoms with Crippen LogP contribution in [-0.2, 0) is 38.0 Å². The van der Waals surface area contributed by atoms with E-state index >= 15 is 0 Å². The molecule has 15 nitrogen and oxygen atoms in total. The summed E-state index contributed by atoms with van der Waals surface area (Å²) >= 11 is 0. The molecule has 11 atom stereocenters. The van der Waals surface area contributed by atoms with Crippen LogP contribution >= 0.6 is 0 Å². The topological polar surface area (TPSA) is 231 Å². The fourth-order valence-corrected chi connectivity index (χ4v) is 9.00. The highest BCUT2D eigenvalue weighted by molar-refractivity contribution is 5.70. The van der Waals surface area contributed by atoms with E-state index in [1.807, 2.05) is 12.2 Å². The van der Waals surface area contributed by atoms with Gasteiger partial charge in [-0.15, -0.1) is 0 Å². The predicted octanol–water partition coefficient (Wildman–Crippen LogP) is 10.7. The molecule has 0 amide bonds. The molecule has 2 aliphatic rings. The second kappa shape index (κ2) is 48.4. The zero-order valence-electron chi connectivity index (χ0n) is 47.9. The Hall–Kier alpha value is -3.32. The second-order valence-electron chi connectivity index (χ2n) is 20.8. The first kappa shape index (κ1) is 70.8. The summed E-state index contributed by atoms with van der Waals surface area (Å²) in [5.41, 5.74) is 0. The third-order valence-corrected chi connectivity index (χ3v) is 13.9. The summed E-state index contributed by atoms with van der Waals surface area (Å²) in [7, 11) is 0. The molecule has 2 fully saturated rings. The molecule has 7 N–H and O–H groups in total. The minimum absolute atomic E-state index is 0.0365. The van der Waals surface area contributed by atoms with E-state index < -0.39 is 99.3 Å². The van der Waals surface area contributed by atoms with Crippen molar-refractivity contribution in [3.05, 3.63) is 85.1 Å². The van der Waals surface area contributed by atoms with Gasteiger partial charge in [0.05, 0.1) is 19.8 Å². The van der Waals surface area contributed by atoms with Gasteiger partial charge >= 0.3 is 11.9 Å². The molecule has 0 aromatic heterocycles. The molecular formula is C63H106O15. The molecule has 2 saturated heterocycles. The van der Waals surface area contributed by atoms with Crippen LogP contribution < -0.4 is 0 Å². The smallest absolute Gasteiger partial charge is 0.306 e. The van der Waals surface area contributed by atoms with Gasteiger partial charge in [0.1, 0.15) is 55.4 Å². The van der Waals surface area contributed by atoms with Crippen LogP contribution in [0.15, 0.2) is 85.1 Å². The largest absolute Gasteiger partial charge is 0.462 e. The third kappa shape index (κ3) is 34.7. The molecule has 2 aliphatic heterocycles. The molecule has 2 heterocycles. The Morgan fingerprint density at radius 3 is 1.32 bits per heavy atom. The predicted molar refractivity (Wildman–Crippen MR) is 307 cm³/mol. The van der Waals surface area contributed by atoms with Crippen LogP contribution in [0.1, 0.15) is 206 Å². The normalized spacial score (nSPS) is 24.6. The highest BCUT2D eigenvalue weighted by Crippen LogP contribution is 2.27. The van der Waals surface area contributed by atoms with Gasteiger partial charge in [-0.3, -0.25) is 9.59 Å². The van der Waals surface area contributed by atoms with Gasteiger partial charge in [0, 0.05) is 12.8 Å². The highest BCUT2D eigenvalue weighted by Gasteiger charge is 2.47. The Morgan fingerprint density at radius 1 is 0.423 bits per heavy atom. The molecule has 0 aromatic carbocycles. The summed E-state index contributed by atoms with van der Waals surface area (Å²) < 4.78 is 33.6. The Bertz CT molecular complexity index is 1670. The summed E-state index contributed by atoms with van der Waals surface area (Å²) in [6.45, 7) is 2.41. The molecule has 15 heteroatoms. The molecule has 0 aliphatic carbocycles. The SMILES string of the molecule is CC/C=C\C/C=C\C/C=C\C/C=C\C/C=C\C/C=C\CCC(=O)OC(COC(=O)CCCCCCCCCCCCC/C=C\CCCCCCCCCC)COC1OC(COC2OC(CO)C(O)C(O)C2O)C(O)C(O)C1O. The van der Waals surface area contributed by atoms with Gasteiger partial charge in [0.2, 0.25) is 0 Å². The molecule has 78 heavy (non-hydrogen) atoms. The van der Waals surface area contributed by atoms with Crippen LogP contribution in [-0.4, -0.2) is 142 Å². The molecule has 2 rings (SSSR count). The number of ether oxygens (including phenoxy) is 6. The lowest BCUT2D eigenvalue weighted by Gasteiger charge is -2.42. The first-order chi connectivity index (χ1) is 38.0. The number of rotatable bonds is 47. The minimum Gasteiger partial charge on any atom is -0.462 e. The molecular weight excluding hydrogens is 997 g/mol. The van der Waals surface area contributed by atoms with Crippen molar-refractivity contribution in [1.29, 1.82) is 0 Å². The van der Waals surface area contributed by atoms with Crippen molar-refractivity contribution in [2.24, 2.45) is 0 Å². The lowest BCUT2D eigenvalue weighted by molar-refractivity contribution is -0.332. The van der Waals surface area contributed by atoms with Crippen molar-refractivity contribution in [3.63, 3.8) is 0 Å². The quantitative estimate of drug-likeness (QED) is 0.0171. The number of esters is 2. The Kier molecular flexibility index (Phi) is 43.9. The molecule has 11 unspecified atom stereocenters. The standard InChI is InChI=1S/C63H106O15/c1-3-5-7-9-11-13-15-17-19-21-23-24-25-26-28-29-31-33-35-37-39-41-43-45-54(65)73-48-51(76-55(66)46-44-42-40-38-36-34-32-30-27-22-20-18-16-14-12-10-8-6-4-2)49-74-62-61(72)59(70)57(68)53(78-62)50-75-63-60(71)58(69)56(67)52(47-64)77-63/h6,8,12,14,18,20-21,23,27,30,34,36,40,42,51-53,56-64,67-72H,3-5,7,9-11,13,15-17,19,22,24-26,28-29,31-33,35,37-39,41,43-50H2,1-2H3/b8-6-,14-12-,20-18-,23-21-,30-27-,36-34-,42-40-. The Balaban J connectivity index is 1.76. The van der Waals surface area contributed by atoms with Crippen LogP contribution in [0.4, 0.5) is 0 Å². The summed E-state index contributed by atoms with van der Waals surface area (Å²) in [5, 5.41) is 72.3. The van der Waals surface area contributed by atoms with E-state index in [0.29, 0.717) is 19.3 Å². The van der Waals surface area contributed by atoms with Crippen molar-refractivity contribution in [2.75, 3.05) is 26.4 Å². The maximum absolute atomic E-state index is 13.0. The van der Waals surface area contributed by atoms with Crippen molar-refractivity contribution in [2.45, 2.75) is 274 Å². The molecule has 0 bridgehead atoms. The number of carbonyl (C=O) groups is 2. The fraction of sp³-hybridized carbons (Fsp3) is 0.746. The summed E-state index contributed by atoms with van der Waals surface area (Å²) in [6.07, 6.45) is 44.8. The molecule has 0 spiro atoms. The number of allylic oxidation sites excluding steroid dienone is 14. The van der Waals surface area contributed by atoms with Crippen LogP contribution in [0.5, 0.6) is 0 Å².